The van der Waals surface area contributed by atoms with Crippen LogP contribution in [0.2, 0.25) is 0 Å². The van der Waals surface area contributed by atoms with Crippen LogP contribution in [0.25, 0.3) is 10.2 Å². The molecule has 1 aromatic heterocycles. The Morgan fingerprint density at radius 3 is 2.91 bits per heavy atom. The van der Waals surface area contributed by atoms with Crippen LogP contribution in [0, 0.1) is 0 Å². The van der Waals surface area contributed by atoms with Gasteiger partial charge in [-0.05, 0) is 42.5 Å². The fraction of sp³-hybridized carbons (Fsp3) is 0.263. The number of hydrogen-bond donors (Lipinski definition) is 1. The van der Waals surface area contributed by atoms with Gasteiger partial charge in [-0.1, -0.05) is 36.4 Å². The highest BCUT2D eigenvalue weighted by molar-refractivity contribution is 7.18. The van der Waals surface area contributed by atoms with Gasteiger partial charge in [0.15, 0.2) is 0 Å². The minimum Gasteiger partial charge on any atom is -0.349 e. The number of nitrogens with one attached hydrogen (secondary N) is 1. The summed E-state index contributed by atoms with van der Waals surface area (Å²) in [4.78, 5) is 17.2. The van der Waals surface area contributed by atoms with E-state index in [-0.39, 0.29) is 11.8 Å². The minimum atomic E-state index is -0.0191. The Balaban J connectivity index is 1.48. The third-order valence-corrected chi connectivity index (χ3v) is 5.47. The lowest BCUT2D eigenvalue weighted by Gasteiger charge is -2.24. The monoisotopic (exact) mass is 322 g/mol. The predicted octanol–water partition coefficient (Wildman–Crippen LogP) is 4.03. The summed E-state index contributed by atoms with van der Waals surface area (Å²) in [5.74, 6) is 0.103. The molecule has 0 unspecified atom stereocenters. The zero-order valence-electron chi connectivity index (χ0n) is 12.8. The van der Waals surface area contributed by atoms with E-state index in [4.69, 9.17) is 0 Å². The number of carbonyl (C=O) groups is 1. The highest BCUT2D eigenvalue weighted by atomic mass is 32.1. The van der Waals surface area contributed by atoms with Crippen LogP contribution >= 0.6 is 11.3 Å². The second-order valence-corrected chi connectivity index (χ2v) is 7.05. The molecule has 1 aliphatic rings. The van der Waals surface area contributed by atoms with Gasteiger partial charge in [0, 0.05) is 0 Å². The first-order chi connectivity index (χ1) is 11.3. The van der Waals surface area contributed by atoms with Gasteiger partial charge in [0.25, 0.3) is 0 Å². The molecule has 1 aliphatic carbocycles. The van der Waals surface area contributed by atoms with Crippen LogP contribution in [0.15, 0.2) is 48.5 Å². The van der Waals surface area contributed by atoms with E-state index in [1.54, 1.807) is 11.3 Å². The summed E-state index contributed by atoms with van der Waals surface area (Å²) >= 11 is 1.65. The maximum absolute atomic E-state index is 12.6. The van der Waals surface area contributed by atoms with Crippen molar-refractivity contribution in [3.05, 3.63) is 64.7 Å². The van der Waals surface area contributed by atoms with Crippen LogP contribution < -0.4 is 5.32 Å². The van der Waals surface area contributed by atoms with Gasteiger partial charge in [-0.15, -0.1) is 11.3 Å². The number of thiazole rings is 1. The standard InChI is InChI=1S/C19H18N2OS/c22-19(15-9-5-7-13-6-1-2-8-14(13)15)20-12-18-21-16-10-3-4-11-17(16)23-18/h1-4,6,8,10-11,15H,5,7,9,12H2,(H,20,22)/t15-/m0/s1. The molecule has 4 rings (SSSR count). The number of para-hydroxylation sites is 1. The molecule has 1 amide bonds. The van der Waals surface area contributed by atoms with E-state index in [0.29, 0.717) is 6.54 Å². The van der Waals surface area contributed by atoms with Gasteiger partial charge in [-0.2, -0.15) is 0 Å². The number of carbonyl (C=O) groups excluding carboxylic acids is 1. The van der Waals surface area contributed by atoms with Crippen LogP contribution in [-0.2, 0) is 17.8 Å². The Kier molecular flexibility index (Phi) is 3.83. The molecule has 0 radical (unpaired) electrons. The Labute approximate surface area is 139 Å². The first-order valence-electron chi connectivity index (χ1n) is 8.01. The SMILES string of the molecule is O=C(NCc1nc2ccccc2s1)[C@H]1CCCc2ccccc21. The molecule has 3 aromatic rings. The van der Waals surface area contributed by atoms with Crippen molar-refractivity contribution in [3.63, 3.8) is 0 Å². The van der Waals surface area contributed by atoms with Gasteiger partial charge in [-0.3, -0.25) is 4.79 Å². The molecule has 0 aliphatic heterocycles. The van der Waals surface area contributed by atoms with Gasteiger partial charge in [0.05, 0.1) is 22.7 Å². The van der Waals surface area contributed by atoms with Gasteiger partial charge < -0.3 is 5.32 Å². The lowest BCUT2D eigenvalue weighted by molar-refractivity contribution is -0.123. The number of aryl methyl sites for hydroxylation is 1. The molecule has 0 fully saturated rings. The Hall–Kier alpha value is -2.20. The number of rotatable bonds is 3. The number of nitrogens with zero attached hydrogens (tertiary/aromatic N) is 1. The first kappa shape index (κ1) is 14.4. The third-order valence-electron chi connectivity index (χ3n) is 4.44. The van der Waals surface area contributed by atoms with E-state index in [2.05, 4.69) is 34.6 Å². The van der Waals surface area contributed by atoms with Crippen LogP contribution in [0.3, 0.4) is 0 Å². The topological polar surface area (TPSA) is 42.0 Å². The molecule has 0 saturated heterocycles. The average molecular weight is 322 g/mol. The zero-order chi connectivity index (χ0) is 15.6. The summed E-state index contributed by atoms with van der Waals surface area (Å²) in [7, 11) is 0. The molecular weight excluding hydrogens is 304 g/mol. The van der Waals surface area contributed by atoms with Crippen molar-refractivity contribution < 1.29 is 4.79 Å². The summed E-state index contributed by atoms with van der Waals surface area (Å²) < 4.78 is 1.17. The summed E-state index contributed by atoms with van der Waals surface area (Å²) in [6, 6.07) is 16.4. The summed E-state index contributed by atoms with van der Waals surface area (Å²) in [5, 5.41) is 4.04. The molecule has 0 spiro atoms. The molecule has 2 aromatic carbocycles. The van der Waals surface area contributed by atoms with Crippen molar-refractivity contribution in [2.24, 2.45) is 0 Å². The fourth-order valence-corrected chi connectivity index (χ4v) is 4.21. The summed E-state index contributed by atoms with van der Waals surface area (Å²) in [5.41, 5.74) is 3.52. The lowest BCUT2D eigenvalue weighted by Crippen LogP contribution is -2.31. The van der Waals surface area contributed by atoms with Gasteiger partial charge in [-0.25, -0.2) is 4.98 Å². The van der Waals surface area contributed by atoms with Crippen LogP contribution in [0.1, 0.15) is 34.9 Å². The number of hydrogen-bond acceptors (Lipinski definition) is 3. The Morgan fingerprint density at radius 1 is 1.17 bits per heavy atom. The third kappa shape index (κ3) is 2.86. The molecule has 0 bridgehead atoms. The van der Waals surface area contributed by atoms with Crippen LogP contribution in [-0.4, -0.2) is 10.9 Å². The predicted molar refractivity (Wildman–Crippen MR) is 93.6 cm³/mol. The van der Waals surface area contributed by atoms with Crippen LogP contribution in [0.5, 0.6) is 0 Å². The molecule has 4 heteroatoms. The van der Waals surface area contributed by atoms with Crippen molar-refractivity contribution in [2.75, 3.05) is 0 Å². The highest BCUT2D eigenvalue weighted by Crippen LogP contribution is 2.31. The molecule has 1 atom stereocenters. The normalized spacial score (nSPS) is 17.0. The summed E-state index contributed by atoms with van der Waals surface area (Å²) in [6.45, 7) is 0.511. The fourth-order valence-electron chi connectivity index (χ4n) is 3.31. The van der Waals surface area contributed by atoms with Gasteiger partial charge >= 0.3 is 0 Å². The second-order valence-electron chi connectivity index (χ2n) is 5.94. The Bertz CT molecular complexity index is 822. The first-order valence-corrected chi connectivity index (χ1v) is 8.83. The number of fused-ring (bicyclic) bond motifs is 2. The quantitative estimate of drug-likeness (QED) is 0.791. The summed E-state index contributed by atoms with van der Waals surface area (Å²) in [6.07, 6.45) is 3.09. The number of benzene rings is 2. The van der Waals surface area contributed by atoms with Crippen molar-refractivity contribution >= 4 is 27.5 Å². The van der Waals surface area contributed by atoms with E-state index in [1.807, 2.05) is 24.3 Å². The van der Waals surface area contributed by atoms with Crippen molar-refractivity contribution in [2.45, 2.75) is 31.7 Å². The Morgan fingerprint density at radius 2 is 2.00 bits per heavy atom. The van der Waals surface area contributed by atoms with Gasteiger partial charge in [0.1, 0.15) is 5.01 Å². The zero-order valence-corrected chi connectivity index (χ0v) is 13.6. The molecule has 1 N–H and O–H groups in total. The van der Waals surface area contributed by atoms with E-state index in [1.165, 1.54) is 15.8 Å². The molecular formula is C19H18N2OS. The van der Waals surface area contributed by atoms with Gasteiger partial charge in [0.2, 0.25) is 5.91 Å². The maximum atomic E-state index is 12.6. The molecule has 0 saturated carbocycles. The molecule has 116 valence electrons. The molecule has 3 nitrogen and oxygen atoms in total. The van der Waals surface area contributed by atoms with Crippen molar-refractivity contribution in [1.82, 2.24) is 10.3 Å². The minimum absolute atomic E-state index is 0.0191. The van der Waals surface area contributed by atoms with E-state index >= 15 is 0 Å². The molecule has 23 heavy (non-hydrogen) atoms. The maximum Gasteiger partial charge on any atom is 0.227 e. The van der Waals surface area contributed by atoms with E-state index in [0.717, 1.165) is 29.8 Å². The van der Waals surface area contributed by atoms with E-state index < -0.39 is 0 Å². The van der Waals surface area contributed by atoms with Crippen LogP contribution in [0.4, 0.5) is 0 Å². The van der Waals surface area contributed by atoms with E-state index in [9.17, 15) is 4.79 Å². The highest BCUT2D eigenvalue weighted by Gasteiger charge is 2.25. The van der Waals surface area contributed by atoms with Crippen molar-refractivity contribution in [1.29, 1.82) is 0 Å². The average Bonchev–Trinajstić information content (AvgIpc) is 3.02. The second kappa shape index (κ2) is 6.13. The smallest absolute Gasteiger partial charge is 0.227 e. The largest absolute Gasteiger partial charge is 0.349 e. The number of aromatic nitrogens is 1. The molecule has 1 heterocycles. The van der Waals surface area contributed by atoms with Crippen molar-refractivity contribution in [3.8, 4) is 0 Å². The lowest BCUT2D eigenvalue weighted by atomic mass is 9.82. The number of amides is 1.